The lowest BCUT2D eigenvalue weighted by Crippen LogP contribution is -2.24. The van der Waals surface area contributed by atoms with E-state index in [1.54, 1.807) is 0 Å². The number of para-hydroxylation sites is 1. The number of aryl methyl sites for hydroxylation is 1. The van der Waals surface area contributed by atoms with E-state index in [4.69, 9.17) is 9.47 Å². The molecule has 0 aliphatic heterocycles. The van der Waals surface area contributed by atoms with Gasteiger partial charge in [0.25, 0.3) is 5.91 Å². The van der Waals surface area contributed by atoms with Crippen molar-refractivity contribution in [1.82, 2.24) is 4.57 Å². The fourth-order valence-corrected chi connectivity index (χ4v) is 4.05. The second kappa shape index (κ2) is 10.2. The van der Waals surface area contributed by atoms with Crippen LogP contribution in [0.15, 0.2) is 24.3 Å². The van der Waals surface area contributed by atoms with E-state index in [1.165, 1.54) is 0 Å². The van der Waals surface area contributed by atoms with Crippen molar-refractivity contribution in [2.75, 3.05) is 18.5 Å². The number of anilines is 1. The molecule has 164 valence electrons. The molecule has 31 heavy (non-hydrogen) atoms. The van der Waals surface area contributed by atoms with Crippen LogP contribution >= 0.6 is 0 Å². The van der Waals surface area contributed by atoms with E-state index in [1.807, 2.05) is 45.0 Å². The Morgan fingerprint density at radius 3 is 2.58 bits per heavy atom. The fourth-order valence-electron chi connectivity index (χ4n) is 4.05. The van der Waals surface area contributed by atoms with Crippen LogP contribution in [0.25, 0.3) is 0 Å². The molecular formula is C24H29N3O4. The van der Waals surface area contributed by atoms with E-state index in [-0.39, 0.29) is 19.1 Å². The minimum atomic E-state index is -0.511. The Bertz CT molecular complexity index is 997. The van der Waals surface area contributed by atoms with Gasteiger partial charge >= 0.3 is 5.97 Å². The molecule has 0 unspecified atom stereocenters. The van der Waals surface area contributed by atoms with Crippen molar-refractivity contribution in [3.63, 3.8) is 0 Å². The van der Waals surface area contributed by atoms with E-state index in [0.717, 1.165) is 48.3 Å². The number of carbonyl (C=O) groups excluding carboxylic acids is 2. The second-order valence-corrected chi connectivity index (χ2v) is 7.93. The van der Waals surface area contributed by atoms with Gasteiger partial charge in [-0.1, -0.05) is 31.0 Å². The van der Waals surface area contributed by atoms with Crippen molar-refractivity contribution in [2.24, 2.45) is 0 Å². The summed E-state index contributed by atoms with van der Waals surface area (Å²) in [6.45, 7) is 5.56. The summed E-state index contributed by atoms with van der Waals surface area (Å²) >= 11 is 0. The molecule has 0 atom stereocenters. The molecule has 2 aromatic rings. The van der Waals surface area contributed by atoms with Crippen molar-refractivity contribution >= 4 is 17.7 Å². The van der Waals surface area contributed by atoms with Crippen molar-refractivity contribution in [2.45, 2.75) is 58.9 Å². The predicted molar refractivity (Wildman–Crippen MR) is 117 cm³/mol. The van der Waals surface area contributed by atoms with E-state index in [0.29, 0.717) is 11.4 Å². The lowest BCUT2D eigenvalue weighted by molar-refractivity contribution is -0.147. The number of nitriles is 1. The van der Waals surface area contributed by atoms with Gasteiger partial charge in [-0.2, -0.15) is 5.26 Å². The molecular weight excluding hydrogens is 394 g/mol. The molecule has 1 aliphatic carbocycles. The van der Waals surface area contributed by atoms with Crippen molar-refractivity contribution in [1.29, 1.82) is 5.26 Å². The van der Waals surface area contributed by atoms with Crippen LogP contribution in [0.1, 0.15) is 60.5 Å². The summed E-state index contributed by atoms with van der Waals surface area (Å²) in [5.74, 6) is 0.257. The summed E-state index contributed by atoms with van der Waals surface area (Å²) in [4.78, 5) is 24.5. The van der Waals surface area contributed by atoms with E-state index in [9.17, 15) is 14.9 Å². The summed E-state index contributed by atoms with van der Waals surface area (Å²) in [5.41, 5.74) is 3.31. The van der Waals surface area contributed by atoms with Crippen molar-refractivity contribution in [3.05, 3.63) is 46.6 Å². The van der Waals surface area contributed by atoms with E-state index >= 15 is 0 Å². The topological polar surface area (TPSA) is 93.3 Å². The predicted octanol–water partition coefficient (Wildman–Crippen LogP) is 4.35. The molecule has 0 bridgehead atoms. The van der Waals surface area contributed by atoms with Gasteiger partial charge in [-0.3, -0.25) is 9.59 Å². The first-order chi connectivity index (χ1) is 14.9. The highest BCUT2D eigenvalue weighted by molar-refractivity contribution is 5.93. The molecule has 1 aromatic carbocycles. The molecule has 1 aliphatic rings. The van der Waals surface area contributed by atoms with Gasteiger partial charge < -0.3 is 19.4 Å². The zero-order chi connectivity index (χ0) is 22.4. The maximum atomic E-state index is 12.5. The van der Waals surface area contributed by atoms with Gasteiger partial charge in [0.15, 0.2) is 6.61 Å². The largest absolute Gasteiger partial charge is 0.493 e. The van der Waals surface area contributed by atoms with Crippen LogP contribution in [0.5, 0.6) is 5.75 Å². The normalized spacial score (nSPS) is 13.6. The molecule has 1 saturated carbocycles. The van der Waals surface area contributed by atoms with Crippen LogP contribution in [-0.4, -0.2) is 29.7 Å². The summed E-state index contributed by atoms with van der Waals surface area (Å²) in [5, 5.41) is 12.4. The maximum absolute atomic E-state index is 12.5. The molecule has 0 radical (unpaired) electrons. The van der Waals surface area contributed by atoms with Gasteiger partial charge in [-0.05, 0) is 50.8 Å². The van der Waals surface area contributed by atoms with Gasteiger partial charge in [0, 0.05) is 11.7 Å². The van der Waals surface area contributed by atoms with Crippen LogP contribution in [0, 0.1) is 32.1 Å². The van der Waals surface area contributed by atoms with Gasteiger partial charge in [0.1, 0.15) is 17.6 Å². The summed E-state index contributed by atoms with van der Waals surface area (Å²) < 4.78 is 12.8. The van der Waals surface area contributed by atoms with Crippen LogP contribution in [0.4, 0.5) is 5.82 Å². The number of esters is 1. The quantitative estimate of drug-likeness (QED) is 0.637. The van der Waals surface area contributed by atoms with Crippen LogP contribution in [-0.2, 0) is 14.3 Å². The summed E-state index contributed by atoms with van der Waals surface area (Å²) in [6, 6.07) is 10.0. The van der Waals surface area contributed by atoms with Crippen LogP contribution < -0.4 is 10.1 Å². The van der Waals surface area contributed by atoms with Gasteiger partial charge in [0.2, 0.25) is 0 Å². The highest BCUT2D eigenvalue weighted by Crippen LogP contribution is 2.37. The first-order valence-corrected chi connectivity index (χ1v) is 10.7. The minimum Gasteiger partial charge on any atom is -0.493 e. The number of aromatic nitrogens is 1. The maximum Gasteiger partial charge on any atom is 0.309 e. The molecule has 1 N–H and O–H groups in total. The first-order valence-electron chi connectivity index (χ1n) is 10.7. The number of benzene rings is 1. The Hall–Kier alpha value is -3.27. The van der Waals surface area contributed by atoms with Crippen LogP contribution in [0.2, 0.25) is 0 Å². The minimum absolute atomic E-state index is 0.0434. The Balaban J connectivity index is 1.55. The molecule has 3 rings (SSSR count). The molecule has 1 aromatic heterocycles. The third kappa shape index (κ3) is 5.26. The van der Waals surface area contributed by atoms with Gasteiger partial charge in [0.05, 0.1) is 18.6 Å². The third-order valence-electron chi connectivity index (χ3n) is 5.84. The molecule has 1 heterocycles. The molecule has 1 amide bonds. The number of rotatable bonds is 8. The fraction of sp³-hybridized carbons (Fsp3) is 0.458. The van der Waals surface area contributed by atoms with E-state index < -0.39 is 18.5 Å². The number of carbonyl (C=O) groups is 2. The number of amides is 1. The second-order valence-electron chi connectivity index (χ2n) is 7.93. The Labute approximate surface area is 183 Å². The lowest BCUT2D eigenvalue weighted by Gasteiger charge is -2.19. The zero-order valence-corrected chi connectivity index (χ0v) is 18.4. The van der Waals surface area contributed by atoms with Gasteiger partial charge in [-0.15, -0.1) is 0 Å². The number of hydrogen-bond acceptors (Lipinski definition) is 5. The summed E-state index contributed by atoms with van der Waals surface area (Å²) in [7, 11) is 0. The average Bonchev–Trinajstić information content (AvgIpc) is 3.35. The Morgan fingerprint density at radius 2 is 1.90 bits per heavy atom. The highest BCUT2D eigenvalue weighted by atomic mass is 16.5. The number of hydrogen-bond donors (Lipinski definition) is 1. The van der Waals surface area contributed by atoms with Crippen molar-refractivity contribution < 1.29 is 19.1 Å². The van der Waals surface area contributed by atoms with Gasteiger partial charge in [-0.25, -0.2) is 0 Å². The Kier molecular flexibility index (Phi) is 7.35. The average molecular weight is 424 g/mol. The molecule has 1 fully saturated rings. The molecule has 7 nitrogen and oxygen atoms in total. The Morgan fingerprint density at radius 1 is 1.19 bits per heavy atom. The monoisotopic (exact) mass is 423 g/mol. The summed E-state index contributed by atoms with van der Waals surface area (Å²) in [6.07, 6.45) is 4.37. The highest BCUT2D eigenvalue weighted by Gasteiger charge is 2.26. The smallest absolute Gasteiger partial charge is 0.309 e. The number of nitrogens with one attached hydrogen (secondary N) is 1. The third-order valence-corrected chi connectivity index (χ3v) is 5.84. The van der Waals surface area contributed by atoms with Crippen molar-refractivity contribution in [3.8, 4) is 11.8 Å². The number of ether oxygens (including phenoxy) is 2. The SMILES string of the molecule is Cc1ccccc1OCCC(=O)OCC(=O)Nc1c(C#N)c(C)c(C)n1C1CCCC1. The molecule has 7 heteroatoms. The lowest BCUT2D eigenvalue weighted by atomic mass is 10.2. The van der Waals surface area contributed by atoms with Crippen LogP contribution in [0.3, 0.4) is 0 Å². The first kappa shape index (κ1) is 22.4. The van der Waals surface area contributed by atoms with E-state index in [2.05, 4.69) is 16.0 Å². The molecule has 0 saturated heterocycles. The molecule has 0 spiro atoms. The zero-order valence-electron chi connectivity index (χ0n) is 18.4. The number of nitrogens with zero attached hydrogens (tertiary/aromatic N) is 2. The standard InChI is InChI=1S/C24H29N3O4/c1-16-8-4-7-11-21(16)30-13-12-23(29)31-15-22(28)26-24-20(14-25)17(2)18(3)27(24)19-9-5-6-10-19/h4,7-8,11,19H,5-6,9-10,12-13,15H2,1-3H3,(H,26,28).